The Balaban J connectivity index is 1.43. The van der Waals surface area contributed by atoms with Crippen molar-refractivity contribution in [1.82, 2.24) is 20.2 Å². The first-order valence-corrected chi connectivity index (χ1v) is 13.3. The number of pyridine rings is 2. The quantitative estimate of drug-likeness (QED) is 0.498. The summed E-state index contributed by atoms with van der Waals surface area (Å²) in [6.07, 6.45) is 0.669. The van der Waals surface area contributed by atoms with Gasteiger partial charge in [0.05, 0.1) is 33.6 Å². The van der Waals surface area contributed by atoms with E-state index in [1.165, 1.54) is 6.07 Å². The van der Waals surface area contributed by atoms with Crippen LogP contribution in [0.2, 0.25) is 0 Å². The molecule has 0 aliphatic carbocycles. The largest absolute Gasteiger partial charge is 0.416 e. The normalized spacial score (nSPS) is 19.3. The SMILES string of the molecule is Cc1cccnc1-c1ccc(C2(C(=O)N[C@@H]3CCN(C)C3)CCN(c3ccc(C(F)(F)F)cc3C#N)CC2)cn1. The predicted molar refractivity (Wildman–Crippen MR) is 146 cm³/mol. The number of nitrogens with zero attached hydrogens (tertiary/aromatic N) is 5. The van der Waals surface area contributed by atoms with Gasteiger partial charge in [-0.2, -0.15) is 18.4 Å². The summed E-state index contributed by atoms with van der Waals surface area (Å²) in [6.45, 7) is 4.47. The van der Waals surface area contributed by atoms with E-state index < -0.39 is 17.2 Å². The first-order chi connectivity index (χ1) is 19.1. The van der Waals surface area contributed by atoms with Crippen molar-refractivity contribution >= 4 is 11.6 Å². The van der Waals surface area contributed by atoms with Crippen LogP contribution in [-0.4, -0.2) is 60.0 Å². The molecule has 2 saturated heterocycles. The monoisotopic (exact) mass is 548 g/mol. The number of carbonyl (C=O) groups excluding carboxylic acids is 1. The average molecular weight is 549 g/mol. The first kappa shape index (κ1) is 27.6. The summed E-state index contributed by atoms with van der Waals surface area (Å²) in [5.74, 6) is -0.0658. The van der Waals surface area contributed by atoms with Crippen molar-refractivity contribution in [3.05, 3.63) is 77.1 Å². The van der Waals surface area contributed by atoms with Gasteiger partial charge in [0.2, 0.25) is 5.91 Å². The second-order valence-electron chi connectivity index (χ2n) is 10.7. The third-order valence-electron chi connectivity index (χ3n) is 8.13. The molecule has 2 aliphatic heterocycles. The molecular formula is C30H31F3N6O. The Labute approximate surface area is 231 Å². The Morgan fingerprint density at radius 2 is 1.90 bits per heavy atom. The molecule has 10 heteroatoms. The van der Waals surface area contributed by atoms with Crippen LogP contribution in [0.5, 0.6) is 0 Å². The summed E-state index contributed by atoms with van der Waals surface area (Å²) in [6, 6.07) is 12.9. The van der Waals surface area contributed by atoms with E-state index in [4.69, 9.17) is 0 Å². The number of nitrogens with one attached hydrogen (secondary N) is 1. The van der Waals surface area contributed by atoms with Crippen molar-refractivity contribution < 1.29 is 18.0 Å². The van der Waals surface area contributed by atoms with Crippen LogP contribution in [0, 0.1) is 18.3 Å². The van der Waals surface area contributed by atoms with Crippen LogP contribution in [0.3, 0.4) is 0 Å². The van der Waals surface area contributed by atoms with Gasteiger partial charge in [-0.3, -0.25) is 14.8 Å². The van der Waals surface area contributed by atoms with E-state index in [0.717, 1.165) is 54.2 Å². The Hall–Kier alpha value is -3.97. The van der Waals surface area contributed by atoms with Crippen LogP contribution in [0.25, 0.3) is 11.4 Å². The van der Waals surface area contributed by atoms with E-state index in [9.17, 15) is 23.2 Å². The third-order valence-corrected chi connectivity index (χ3v) is 8.13. The molecule has 0 bridgehead atoms. The summed E-state index contributed by atoms with van der Waals surface area (Å²) in [5.41, 5.74) is 1.99. The first-order valence-electron chi connectivity index (χ1n) is 13.3. The minimum atomic E-state index is -4.53. The van der Waals surface area contributed by atoms with Gasteiger partial charge in [0.1, 0.15) is 6.07 Å². The topological polar surface area (TPSA) is 85.2 Å². The minimum absolute atomic E-state index is 0.0301. The molecule has 0 unspecified atom stereocenters. The van der Waals surface area contributed by atoms with Crippen LogP contribution in [-0.2, 0) is 16.4 Å². The van der Waals surface area contributed by atoms with Crippen LogP contribution in [0.15, 0.2) is 54.9 Å². The van der Waals surface area contributed by atoms with Gasteiger partial charge in [-0.15, -0.1) is 0 Å². The lowest BCUT2D eigenvalue weighted by Crippen LogP contribution is -2.54. The van der Waals surface area contributed by atoms with Crippen molar-refractivity contribution in [3.8, 4) is 17.5 Å². The zero-order valence-corrected chi connectivity index (χ0v) is 22.5. The average Bonchev–Trinajstić information content (AvgIpc) is 3.36. The molecule has 2 fully saturated rings. The molecule has 4 heterocycles. The number of nitriles is 1. The molecule has 208 valence electrons. The molecule has 3 aromatic rings. The molecule has 7 nitrogen and oxygen atoms in total. The molecule has 0 saturated carbocycles. The van der Waals surface area contributed by atoms with Gasteiger partial charge >= 0.3 is 6.18 Å². The number of hydrogen-bond donors (Lipinski definition) is 1. The second kappa shape index (κ2) is 10.9. The highest BCUT2D eigenvalue weighted by atomic mass is 19.4. The number of halogens is 3. The third kappa shape index (κ3) is 5.39. The number of hydrogen-bond acceptors (Lipinski definition) is 6. The number of amides is 1. The number of aryl methyl sites for hydroxylation is 1. The van der Waals surface area contributed by atoms with Crippen molar-refractivity contribution in [2.45, 2.75) is 43.8 Å². The fourth-order valence-electron chi connectivity index (χ4n) is 5.80. The maximum Gasteiger partial charge on any atom is 0.416 e. The zero-order valence-electron chi connectivity index (χ0n) is 22.5. The van der Waals surface area contributed by atoms with E-state index in [1.54, 1.807) is 12.4 Å². The minimum Gasteiger partial charge on any atom is -0.370 e. The van der Waals surface area contributed by atoms with Gasteiger partial charge in [0.25, 0.3) is 0 Å². The number of piperidine rings is 1. The second-order valence-corrected chi connectivity index (χ2v) is 10.7. The standard InChI is InChI=1S/C30H31F3N6O/c1-20-4-3-12-35-27(20)25-7-5-23(18-36-25)29(28(40)37-24-9-13-38(2)19-24)10-14-39(15-11-29)26-8-6-22(30(31,32)33)16-21(26)17-34/h3-8,12,16,18,24H,9-11,13-15,19H2,1-2H3,(H,37,40)/t24-/m1/s1. The fourth-order valence-corrected chi connectivity index (χ4v) is 5.80. The van der Waals surface area contributed by atoms with E-state index in [2.05, 4.69) is 20.2 Å². The maximum atomic E-state index is 13.9. The lowest BCUT2D eigenvalue weighted by Gasteiger charge is -2.42. The number of aromatic nitrogens is 2. The number of carbonyl (C=O) groups is 1. The summed E-state index contributed by atoms with van der Waals surface area (Å²) in [4.78, 5) is 27.2. The number of anilines is 1. The highest BCUT2D eigenvalue weighted by molar-refractivity contribution is 5.89. The van der Waals surface area contributed by atoms with Crippen molar-refractivity contribution in [2.24, 2.45) is 0 Å². The van der Waals surface area contributed by atoms with Crippen LogP contribution < -0.4 is 10.2 Å². The predicted octanol–water partition coefficient (Wildman–Crippen LogP) is 4.70. The number of likely N-dealkylation sites (tertiary alicyclic amines) is 1. The molecular weight excluding hydrogens is 517 g/mol. The van der Waals surface area contributed by atoms with Crippen molar-refractivity contribution in [3.63, 3.8) is 0 Å². The van der Waals surface area contributed by atoms with Gasteiger partial charge in [0.15, 0.2) is 0 Å². The zero-order chi connectivity index (χ0) is 28.5. The molecule has 2 aromatic heterocycles. The summed E-state index contributed by atoms with van der Waals surface area (Å²) in [5, 5.41) is 12.9. The number of rotatable bonds is 5. The molecule has 5 rings (SSSR count). The van der Waals surface area contributed by atoms with Crippen molar-refractivity contribution in [2.75, 3.05) is 38.1 Å². The van der Waals surface area contributed by atoms with E-state index in [-0.39, 0.29) is 17.5 Å². The smallest absolute Gasteiger partial charge is 0.370 e. The summed E-state index contributed by atoms with van der Waals surface area (Å²) in [7, 11) is 2.03. The van der Waals surface area contributed by atoms with Gasteiger partial charge in [0, 0.05) is 38.1 Å². The Morgan fingerprint density at radius 1 is 1.12 bits per heavy atom. The molecule has 2 aliphatic rings. The number of alkyl halides is 3. The maximum absolute atomic E-state index is 13.9. The molecule has 40 heavy (non-hydrogen) atoms. The molecule has 1 amide bonds. The summed E-state index contributed by atoms with van der Waals surface area (Å²) < 4.78 is 39.7. The van der Waals surface area contributed by atoms with Crippen molar-refractivity contribution in [1.29, 1.82) is 5.26 Å². The lowest BCUT2D eigenvalue weighted by molar-refractivity contribution is -0.137. The number of likely N-dealkylation sites (N-methyl/N-ethyl adjacent to an activating group) is 1. The van der Waals surface area contributed by atoms with Gasteiger partial charge in [-0.25, -0.2) is 0 Å². The Kier molecular flexibility index (Phi) is 7.51. The molecule has 1 atom stereocenters. The fraction of sp³-hybridized carbons (Fsp3) is 0.400. The van der Waals surface area contributed by atoms with Gasteiger partial charge in [-0.1, -0.05) is 12.1 Å². The molecule has 1 aromatic carbocycles. The Bertz CT molecular complexity index is 1420. The van der Waals surface area contributed by atoms with Gasteiger partial charge < -0.3 is 15.1 Å². The number of benzene rings is 1. The van der Waals surface area contributed by atoms with E-state index in [0.29, 0.717) is 31.6 Å². The van der Waals surface area contributed by atoms with E-state index >= 15 is 0 Å². The van der Waals surface area contributed by atoms with E-state index in [1.807, 2.05) is 49.2 Å². The van der Waals surface area contributed by atoms with Gasteiger partial charge in [-0.05, 0) is 81.2 Å². The molecule has 0 radical (unpaired) electrons. The summed E-state index contributed by atoms with van der Waals surface area (Å²) >= 11 is 0. The van der Waals surface area contributed by atoms with Crippen LogP contribution >= 0.6 is 0 Å². The lowest BCUT2D eigenvalue weighted by atomic mass is 9.72. The highest BCUT2D eigenvalue weighted by Crippen LogP contribution is 2.40. The Morgan fingerprint density at radius 3 is 2.50 bits per heavy atom. The van der Waals surface area contributed by atoms with Crippen LogP contribution in [0.1, 0.15) is 41.5 Å². The highest BCUT2D eigenvalue weighted by Gasteiger charge is 2.44. The molecule has 1 N–H and O–H groups in total. The molecule has 0 spiro atoms. The van der Waals surface area contributed by atoms with Crippen LogP contribution in [0.4, 0.5) is 18.9 Å².